The Morgan fingerprint density at radius 3 is 2.16 bits per heavy atom. The molecule has 0 spiro atoms. The topological polar surface area (TPSA) is 69.7 Å². The Hall–Kier alpha value is -2.17. The molecule has 0 aliphatic rings. The summed E-state index contributed by atoms with van der Waals surface area (Å²) in [5.41, 5.74) is -0.443. The molecular weight excluding hydrogens is 248 g/mol. The van der Waals surface area contributed by atoms with Crippen molar-refractivity contribution < 1.29 is 23.9 Å². The summed E-state index contributed by atoms with van der Waals surface area (Å²) in [5, 5.41) is 0. The molecule has 0 amide bonds. The quantitative estimate of drug-likeness (QED) is 0.616. The third-order valence-corrected chi connectivity index (χ3v) is 2.15. The lowest BCUT2D eigenvalue weighted by Crippen LogP contribution is -2.27. The Labute approximate surface area is 111 Å². The fraction of sp³-hybridized carbons (Fsp3) is 0.357. The van der Waals surface area contributed by atoms with Gasteiger partial charge in [-0.05, 0) is 32.9 Å². The molecule has 0 bridgehead atoms. The van der Waals surface area contributed by atoms with Crippen LogP contribution < -0.4 is 0 Å². The molecule has 0 fully saturated rings. The zero-order valence-electron chi connectivity index (χ0n) is 11.1. The molecule has 1 aromatic carbocycles. The van der Waals surface area contributed by atoms with Crippen LogP contribution in [0.15, 0.2) is 30.3 Å². The smallest absolute Gasteiger partial charge is 0.352 e. The van der Waals surface area contributed by atoms with Gasteiger partial charge in [0.15, 0.2) is 6.61 Å². The minimum atomic E-state index is -0.897. The average Bonchev–Trinajstić information content (AvgIpc) is 2.35. The third-order valence-electron chi connectivity index (χ3n) is 2.15. The van der Waals surface area contributed by atoms with E-state index in [0.717, 1.165) is 0 Å². The second-order valence-corrected chi connectivity index (χ2v) is 4.95. The Morgan fingerprint density at radius 1 is 1.05 bits per heavy atom. The van der Waals surface area contributed by atoms with E-state index in [1.807, 2.05) is 0 Å². The van der Waals surface area contributed by atoms with Gasteiger partial charge in [0.25, 0.3) is 0 Å². The molecule has 0 aliphatic heterocycles. The SMILES string of the molecule is CC(C)(C)C(=O)OCC(=O)OC(=O)c1ccccc1. The Balaban J connectivity index is 2.45. The van der Waals surface area contributed by atoms with Gasteiger partial charge >= 0.3 is 17.9 Å². The van der Waals surface area contributed by atoms with Gasteiger partial charge in [-0.3, -0.25) is 4.79 Å². The molecule has 1 rings (SSSR count). The van der Waals surface area contributed by atoms with Crippen LogP contribution in [0.3, 0.4) is 0 Å². The highest BCUT2D eigenvalue weighted by atomic mass is 16.6. The molecule has 0 aliphatic carbocycles. The van der Waals surface area contributed by atoms with Crippen molar-refractivity contribution in [2.45, 2.75) is 20.8 Å². The molecule has 0 atom stereocenters. The normalized spacial score (nSPS) is 10.7. The van der Waals surface area contributed by atoms with Crippen molar-refractivity contribution in [2.75, 3.05) is 6.61 Å². The van der Waals surface area contributed by atoms with Crippen LogP contribution in [-0.2, 0) is 19.1 Å². The highest BCUT2D eigenvalue weighted by Crippen LogP contribution is 2.14. The van der Waals surface area contributed by atoms with Crippen LogP contribution in [0.2, 0.25) is 0 Å². The molecule has 0 aromatic heterocycles. The fourth-order valence-corrected chi connectivity index (χ4v) is 1.11. The first-order chi connectivity index (χ1) is 8.80. The van der Waals surface area contributed by atoms with Gasteiger partial charge in [-0.1, -0.05) is 18.2 Å². The zero-order valence-corrected chi connectivity index (χ0v) is 11.1. The molecule has 1 aromatic rings. The molecule has 0 heterocycles. The first kappa shape index (κ1) is 14.9. The maximum absolute atomic E-state index is 11.5. The van der Waals surface area contributed by atoms with Crippen LogP contribution in [-0.4, -0.2) is 24.5 Å². The average molecular weight is 264 g/mol. The van der Waals surface area contributed by atoms with E-state index in [4.69, 9.17) is 4.74 Å². The lowest BCUT2D eigenvalue weighted by molar-refractivity contribution is -0.161. The van der Waals surface area contributed by atoms with E-state index >= 15 is 0 Å². The lowest BCUT2D eigenvalue weighted by Gasteiger charge is -2.15. The van der Waals surface area contributed by atoms with Gasteiger partial charge in [0.1, 0.15) is 0 Å². The number of carbonyl (C=O) groups is 3. The van der Waals surface area contributed by atoms with Gasteiger partial charge in [-0.15, -0.1) is 0 Å². The number of esters is 3. The number of benzene rings is 1. The minimum Gasteiger partial charge on any atom is -0.453 e. The van der Waals surface area contributed by atoms with Gasteiger partial charge in [0, 0.05) is 0 Å². The summed E-state index contributed by atoms with van der Waals surface area (Å²) in [7, 11) is 0. The van der Waals surface area contributed by atoms with Gasteiger partial charge < -0.3 is 9.47 Å². The predicted octanol–water partition coefficient (Wildman–Crippen LogP) is 1.96. The Morgan fingerprint density at radius 2 is 1.63 bits per heavy atom. The van der Waals surface area contributed by atoms with Crippen molar-refractivity contribution in [1.82, 2.24) is 0 Å². The van der Waals surface area contributed by atoms with E-state index in [2.05, 4.69) is 4.74 Å². The summed E-state index contributed by atoms with van der Waals surface area (Å²) in [5.74, 6) is -2.19. The third kappa shape index (κ3) is 4.91. The molecule has 5 nitrogen and oxygen atoms in total. The van der Waals surface area contributed by atoms with Crippen molar-refractivity contribution in [3.05, 3.63) is 35.9 Å². The Bertz CT molecular complexity index is 470. The summed E-state index contributed by atoms with van der Waals surface area (Å²) in [6, 6.07) is 8.10. The monoisotopic (exact) mass is 264 g/mol. The fourth-order valence-electron chi connectivity index (χ4n) is 1.11. The largest absolute Gasteiger partial charge is 0.453 e. The van der Waals surface area contributed by atoms with E-state index in [1.54, 1.807) is 39.0 Å². The van der Waals surface area contributed by atoms with E-state index < -0.39 is 29.9 Å². The van der Waals surface area contributed by atoms with Crippen LogP contribution in [0.25, 0.3) is 0 Å². The van der Waals surface area contributed by atoms with Crippen molar-refractivity contribution in [2.24, 2.45) is 5.41 Å². The Kier molecular flexibility index (Phi) is 4.80. The molecule has 5 heteroatoms. The number of hydrogen-bond acceptors (Lipinski definition) is 5. The number of carbonyl (C=O) groups excluding carboxylic acids is 3. The first-order valence-electron chi connectivity index (χ1n) is 5.78. The highest BCUT2D eigenvalue weighted by Gasteiger charge is 2.24. The molecule has 19 heavy (non-hydrogen) atoms. The van der Waals surface area contributed by atoms with Crippen molar-refractivity contribution in [1.29, 1.82) is 0 Å². The maximum atomic E-state index is 11.5. The maximum Gasteiger partial charge on any atom is 0.352 e. The van der Waals surface area contributed by atoms with Crippen LogP contribution in [0.4, 0.5) is 0 Å². The molecule has 0 saturated heterocycles. The highest BCUT2D eigenvalue weighted by molar-refractivity contribution is 5.97. The minimum absolute atomic E-state index is 0.262. The summed E-state index contributed by atoms with van der Waals surface area (Å²) < 4.78 is 9.28. The predicted molar refractivity (Wildman–Crippen MR) is 67.3 cm³/mol. The van der Waals surface area contributed by atoms with E-state index in [0.29, 0.717) is 0 Å². The van der Waals surface area contributed by atoms with Crippen molar-refractivity contribution in [3.63, 3.8) is 0 Å². The summed E-state index contributed by atoms with van der Waals surface area (Å²) in [4.78, 5) is 34.3. The standard InChI is InChI=1S/C14H16O5/c1-14(2,3)13(17)18-9-11(15)19-12(16)10-7-5-4-6-8-10/h4-8H,9H2,1-3H3. The van der Waals surface area contributed by atoms with Gasteiger partial charge in [-0.25, -0.2) is 9.59 Å². The van der Waals surface area contributed by atoms with Gasteiger partial charge in [-0.2, -0.15) is 0 Å². The van der Waals surface area contributed by atoms with Crippen LogP contribution >= 0.6 is 0 Å². The second kappa shape index (κ2) is 6.13. The van der Waals surface area contributed by atoms with E-state index in [9.17, 15) is 14.4 Å². The van der Waals surface area contributed by atoms with Gasteiger partial charge in [0.05, 0.1) is 11.0 Å². The summed E-state index contributed by atoms with van der Waals surface area (Å²) in [6.45, 7) is 4.41. The lowest BCUT2D eigenvalue weighted by atomic mass is 9.97. The van der Waals surface area contributed by atoms with Crippen LogP contribution in [0.5, 0.6) is 0 Å². The molecule has 102 valence electrons. The van der Waals surface area contributed by atoms with Crippen LogP contribution in [0.1, 0.15) is 31.1 Å². The summed E-state index contributed by atoms with van der Waals surface area (Å²) in [6.07, 6.45) is 0. The van der Waals surface area contributed by atoms with Crippen LogP contribution in [0, 0.1) is 5.41 Å². The number of ether oxygens (including phenoxy) is 2. The van der Waals surface area contributed by atoms with Gasteiger partial charge in [0.2, 0.25) is 0 Å². The summed E-state index contributed by atoms with van der Waals surface area (Å²) >= 11 is 0. The number of hydrogen-bond donors (Lipinski definition) is 0. The second-order valence-electron chi connectivity index (χ2n) is 4.95. The van der Waals surface area contributed by atoms with Crippen molar-refractivity contribution in [3.8, 4) is 0 Å². The van der Waals surface area contributed by atoms with E-state index in [-0.39, 0.29) is 5.56 Å². The molecular formula is C14H16O5. The molecule has 0 N–H and O–H groups in total. The van der Waals surface area contributed by atoms with E-state index in [1.165, 1.54) is 12.1 Å². The number of rotatable bonds is 3. The van der Waals surface area contributed by atoms with Crippen molar-refractivity contribution >= 4 is 17.9 Å². The molecule has 0 unspecified atom stereocenters. The zero-order chi connectivity index (χ0) is 14.5. The molecule has 0 radical (unpaired) electrons. The first-order valence-corrected chi connectivity index (χ1v) is 5.78. The molecule has 0 saturated carbocycles.